The van der Waals surface area contributed by atoms with Gasteiger partial charge in [0, 0.05) is 41.5 Å². The van der Waals surface area contributed by atoms with Crippen LogP contribution >= 0.6 is 11.6 Å². The number of halogens is 2. The van der Waals surface area contributed by atoms with Crippen LogP contribution in [0.25, 0.3) is 10.9 Å². The van der Waals surface area contributed by atoms with E-state index >= 15 is 0 Å². The Hall–Kier alpha value is -1.55. The lowest BCUT2D eigenvalue weighted by molar-refractivity contribution is -0.141. The van der Waals surface area contributed by atoms with E-state index in [9.17, 15) is 9.18 Å². The van der Waals surface area contributed by atoms with Crippen molar-refractivity contribution in [3.63, 3.8) is 0 Å². The van der Waals surface area contributed by atoms with Crippen LogP contribution in [0.2, 0.25) is 0 Å². The molecule has 1 amide bonds. The smallest absolute Gasteiger partial charge is 0.223 e. The zero-order chi connectivity index (χ0) is 19.0. The highest BCUT2D eigenvalue weighted by molar-refractivity contribution is 6.17. The minimum absolute atomic E-state index is 0.0267. The number of alkyl halides is 1. The van der Waals surface area contributed by atoms with Crippen LogP contribution in [0, 0.1) is 11.7 Å². The molecule has 3 nitrogen and oxygen atoms in total. The topological polar surface area (TPSA) is 36.1 Å². The molecule has 1 aromatic carbocycles. The van der Waals surface area contributed by atoms with Crippen molar-refractivity contribution in [1.29, 1.82) is 0 Å². The second kappa shape index (κ2) is 7.83. The molecule has 1 saturated carbocycles. The summed E-state index contributed by atoms with van der Waals surface area (Å²) in [6.07, 6.45) is 8.99. The lowest BCUT2D eigenvalue weighted by Crippen LogP contribution is -2.54. The number of carbonyl (C=O) groups is 1. The number of H-pyrrole nitrogens is 1. The Balaban J connectivity index is 1.54. The third-order valence-electron chi connectivity index (χ3n) is 6.57. The predicted octanol–water partition coefficient (Wildman–Crippen LogP) is 5.59. The number of benzene rings is 1. The number of hydrogen-bond donors (Lipinski definition) is 1. The molecule has 146 valence electrons. The standard InChI is InChI=1S/C22H28ClFN2O/c1-14(18-13-25-20-7-3-6-19(24)22(18)20)10-21(27)26-16-5-2-4-15(11-16)12-17(26)8-9-23/h3,6-7,13-17,25H,2,4-5,8-12H2,1H3. The summed E-state index contributed by atoms with van der Waals surface area (Å²) in [6, 6.07) is 5.70. The Morgan fingerprint density at radius 1 is 1.37 bits per heavy atom. The molecule has 1 N–H and O–H groups in total. The van der Waals surface area contributed by atoms with Gasteiger partial charge in [-0.15, -0.1) is 11.6 Å². The van der Waals surface area contributed by atoms with Gasteiger partial charge in [0.1, 0.15) is 5.82 Å². The average molecular weight is 391 g/mol. The predicted molar refractivity (Wildman–Crippen MR) is 108 cm³/mol. The quantitative estimate of drug-likeness (QED) is 0.664. The summed E-state index contributed by atoms with van der Waals surface area (Å²) in [5, 5.41) is 0.617. The monoisotopic (exact) mass is 390 g/mol. The van der Waals surface area contributed by atoms with Gasteiger partial charge in [0.25, 0.3) is 0 Å². The second-order valence-corrected chi connectivity index (χ2v) is 8.74. The van der Waals surface area contributed by atoms with E-state index in [0.717, 1.165) is 42.7 Å². The van der Waals surface area contributed by atoms with Gasteiger partial charge in [0.2, 0.25) is 5.91 Å². The van der Waals surface area contributed by atoms with Gasteiger partial charge < -0.3 is 9.88 Å². The third kappa shape index (κ3) is 3.61. The second-order valence-electron chi connectivity index (χ2n) is 8.37. The summed E-state index contributed by atoms with van der Waals surface area (Å²) in [6.45, 7) is 2.02. The molecule has 2 heterocycles. The lowest BCUT2D eigenvalue weighted by Gasteiger charge is -2.48. The summed E-state index contributed by atoms with van der Waals surface area (Å²) in [5.41, 5.74) is 1.68. The number of aromatic nitrogens is 1. The normalized spacial score (nSPS) is 26.3. The van der Waals surface area contributed by atoms with Gasteiger partial charge >= 0.3 is 0 Å². The first-order valence-electron chi connectivity index (χ1n) is 10.2. The van der Waals surface area contributed by atoms with Gasteiger partial charge in [-0.1, -0.05) is 25.8 Å². The molecule has 4 atom stereocenters. The van der Waals surface area contributed by atoms with Crippen LogP contribution in [0.4, 0.5) is 4.39 Å². The number of rotatable bonds is 5. The summed E-state index contributed by atoms with van der Waals surface area (Å²) in [5.74, 6) is 1.30. The van der Waals surface area contributed by atoms with Crippen LogP contribution in [-0.4, -0.2) is 33.8 Å². The maximum absolute atomic E-state index is 14.3. The fourth-order valence-electron chi connectivity index (χ4n) is 5.35. The number of fused-ring (bicyclic) bond motifs is 3. The van der Waals surface area contributed by atoms with E-state index in [2.05, 4.69) is 9.88 Å². The Morgan fingerprint density at radius 3 is 3.04 bits per heavy atom. The Morgan fingerprint density at radius 2 is 2.22 bits per heavy atom. The molecule has 2 bridgehead atoms. The minimum Gasteiger partial charge on any atom is -0.361 e. The number of piperidine rings is 1. The molecule has 27 heavy (non-hydrogen) atoms. The third-order valence-corrected chi connectivity index (χ3v) is 6.79. The Labute approximate surface area is 165 Å². The maximum atomic E-state index is 14.3. The highest BCUT2D eigenvalue weighted by atomic mass is 35.5. The molecule has 1 aliphatic carbocycles. The molecule has 0 spiro atoms. The molecule has 2 aromatic rings. The van der Waals surface area contributed by atoms with Crippen molar-refractivity contribution in [2.45, 2.75) is 69.9 Å². The van der Waals surface area contributed by atoms with Crippen LogP contribution in [0.3, 0.4) is 0 Å². The first-order valence-corrected chi connectivity index (χ1v) is 10.7. The minimum atomic E-state index is -0.226. The van der Waals surface area contributed by atoms with Crippen molar-refractivity contribution in [2.75, 3.05) is 5.88 Å². The number of aromatic amines is 1. The largest absolute Gasteiger partial charge is 0.361 e. The van der Waals surface area contributed by atoms with E-state index in [1.807, 2.05) is 19.2 Å². The van der Waals surface area contributed by atoms with Crippen molar-refractivity contribution in [3.05, 3.63) is 35.8 Å². The number of nitrogens with one attached hydrogen (secondary N) is 1. The number of hydrogen-bond acceptors (Lipinski definition) is 1. The van der Waals surface area contributed by atoms with E-state index in [1.54, 1.807) is 6.07 Å². The van der Waals surface area contributed by atoms with Crippen molar-refractivity contribution < 1.29 is 9.18 Å². The van der Waals surface area contributed by atoms with Gasteiger partial charge in [-0.05, 0) is 55.2 Å². The van der Waals surface area contributed by atoms with Crippen molar-refractivity contribution in [3.8, 4) is 0 Å². The van der Waals surface area contributed by atoms with Crippen LogP contribution in [0.15, 0.2) is 24.4 Å². The zero-order valence-electron chi connectivity index (χ0n) is 15.9. The molecule has 2 aliphatic rings. The molecule has 1 aromatic heterocycles. The van der Waals surface area contributed by atoms with E-state index in [0.29, 0.717) is 23.7 Å². The molecule has 1 aliphatic heterocycles. The van der Waals surface area contributed by atoms with Gasteiger partial charge in [-0.2, -0.15) is 0 Å². The van der Waals surface area contributed by atoms with Gasteiger partial charge in [-0.3, -0.25) is 4.79 Å². The highest BCUT2D eigenvalue weighted by Gasteiger charge is 2.40. The average Bonchev–Trinajstić information content (AvgIpc) is 3.07. The molecule has 4 rings (SSSR count). The SMILES string of the molecule is CC(CC(=O)N1C(CCCl)CC2CCCC1C2)c1c[nH]c2cccc(F)c12. The number of nitrogens with zero attached hydrogens (tertiary/aromatic N) is 1. The van der Waals surface area contributed by atoms with E-state index < -0.39 is 0 Å². The molecule has 5 heteroatoms. The summed E-state index contributed by atoms with van der Waals surface area (Å²) < 4.78 is 14.3. The molecular formula is C22H28ClFN2O. The number of amides is 1. The van der Waals surface area contributed by atoms with Gasteiger partial charge in [0.15, 0.2) is 0 Å². The van der Waals surface area contributed by atoms with Crippen LogP contribution in [-0.2, 0) is 4.79 Å². The molecule has 2 fully saturated rings. The molecule has 0 radical (unpaired) electrons. The van der Waals surface area contributed by atoms with E-state index in [1.165, 1.54) is 18.9 Å². The fourth-order valence-corrected chi connectivity index (χ4v) is 5.60. The summed E-state index contributed by atoms with van der Waals surface area (Å²) in [4.78, 5) is 18.6. The Kier molecular flexibility index (Phi) is 5.45. The first kappa shape index (κ1) is 18.8. The molecule has 1 saturated heterocycles. The molecular weight excluding hydrogens is 363 g/mol. The summed E-state index contributed by atoms with van der Waals surface area (Å²) >= 11 is 6.05. The van der Waals surface area contributed by atoms with Crippen molar-refractivity contribution >= 4 is 28.4 Å². The van der Waals surface area contributed by atoms with Crippen LogP contribution in [0.5, 0.6) is 0 Å². The van der Waals surface area contributed by atoms with Crippen molar-refractivity contribution in [1.82, 2.24) is 9.88 Å². The van der Waals surface area contributed by atoms with Gasteiger partial charge in [-0.25, -0.2) is 4.39 Å². The van der Waals surface area contributed by atoms with Gasteiger partial charge in [0.05, 0.1) is 0 Å². The number of likely N-dealkylation sites (tertiary alicyclic amines) is 1. The Bertz CT molecular complexity index is 820. The van der Waals surface area contributed by atoms with Crippen LogP contribution < -0.4 is 0 Å². The van der Waals surface area contributed by atoms with E-state index in [4.69, 9.17) is 11.6 Å². The first-order chi connectivity index (χ1) is 13.1. The lowest BCUT2D eigenvalue weighted by atomic mass is 9.75. The number of carbonyl (C=O) groups excluding carboxylic acids is 1. The van der Waals surface area contributed by atoms with Crippen molar-refractivity contribution in [2.24, 2.45) is 5.92 Å². The van der Waals surface area contributed by atoms with Crippen LogP contribution in [0.1, 0.15) is 63.4 Å². The maximum Gasteiger partial charge on any atom is 0.223 e. The van der Waals surface area contributed by atoms with E-state index in [-0.39, 0.29) is 23.7 Å². The highest BCUT2D eigenvalue weighted by Crippen LogP contribution is 2.40. The summed E-state index contributed by atoms with van der Waals surface area (Å²) in [7, 11) is 0. The molecule has 4 unspecified atom stereocenters. The zero-order valence-corrected chi connectivity index (χ0v) is 16.6. The fraction of sp³-hybridized carbons (Fsp3) is 0.591.